The van der Waals surface area contributed by atoms with Crippen molar-refractivity contribution in [1.29, 1.82) is 0 Å². The van der Waals surface area contributed by atoms with Gasteiger partial charge in [-0.25, -0.2) is 17.5 Å². The molecule has 0 N–H and O–H groups in total. The van der Waals surface area contributed by atoms with Crippen molar-refractivity contribution in [3.63, 3.8) is 0 Å². The van der Waals surface area contributed by atoms with Gasteiger partial charge in [-0.3, -0.25) is 0 Å². The number of sulfonamides is 1. The molecular weight excluding hydrogens is 301 g/mol. The van der Waals surface area contributed by atoms with E-state index in [9.17, 15) is 13.2 Å². The number of ether oxygens (including phenoxy) is 1. The normalized spacial score (nSPS) is 10.6. The molecule has 0 fully saturated rings. The quantitative estimate of drug-likeness (QED) is 0.755. The summed E-state index contributed by atoms with van der Waals surface area (Å²) in [5.74, 6) is 0. The second-order valence-electron chi connectivity index (χ2n) is 4.45. The first-order valence-corrected chi connectivity index (χ1v) is 8.13. The summed E-state index contributed by atoms with van der Waals surface area (Å²) in [5.41, 5.74) is 0.824. The Hall–Kier alpha value is -0.560. The van der Waals surface area contributed by atoms with Crippen LogP contribution in [0.3, 0.4) is 0 Å². The second-order valence-corrected chi connectivity index (χ2v) is 6.31. The fourth-order valence-electron chi connectivity index (χ4n) is 1.71. The fourth-order valence-corrected chi connectivity index (χ4v) is 3.17. The molecule has 0 unspecified atom stereocenters. The molecule has 0 saturated carbocycles. The molecule has 1 aromatic rings. The molecule has 113 valence electrons. The van der Waals surface area contributed by atoms with E-state index in [4.69, 9.17) is 4.74 Å². The van der Waals surface area contributed by atoms with Gasteiger partial charge in [0.1, 0.15) is 0 Å². The third-order valence-corrected chi connectivity index (χ3v) is 4.53. The summed E-state index contributed by atoms with van der Waals surface area (Å²) >= 11 is 0. The number of hydrogen-bond donors (Lipinski definition) is 0. The second kappa shape index (κ2) is 9.46. The summed E-state index contributed by atoms with van der Waals surface area (Å²) in [6, 6.07) is 6.50. The number of rotatable bonds is 6. The maximum atomic E-state index is 12.5. The van der Waals surface area contributed by atoms with Gasteiger partial charge in [-0.2, -0.15) is 0 Å². The first-order valence-electron chi connectivity index (χ1n) is 6.69. The molecule has 0 bridgehead atoms. The summed E-state index contributed by atoms with van der Waals surface area (Å²) in [6.45, 7) is 5.66. The molecule has 1 aromatic carbocycles. The molecule has 1 radical (unpaired) electrons. The summed E-state index contributed by atoms with van der Waals surface area (Å²) in [5, 5.41) is 0. The molecule has 0 aromatic heterocycles. The zero-order chi connectivity index (χ0) is 15.2. The number of nitrogens with zero attached hydrogens (tertiary/aromatic N) is 1. The molecule has 21 heavy (non-hydrogen) atoms. The molecule has 0 saturated heterocycles. The van der Waals surface area contributed by atoms with Gasteiger partial charge in [-0.05, 0) is 38.0 Å². The van der Waals surface area contributed by atoms with Gasteiger partial charge in [0.2, 0.25) is 0 Å². The average molecular weight is 322 g/mol. The number of carbonyl (C=O) groups is 1. The molecule has 1 rings (SSSR count). The maximum absolute atomic E-state index is 12.5. The fraction of sp³-hybridized carbons (Fsp3) is 0.500. The minimum absolute atomic E-state index is 0. The van der Waals surface area contributed by atoms with Crippen molar-refractivity contribution in [2.24, 2.45) is 0 Å². The molecule has 0 atom stereocenters. The average Bonchev–Trinajstić information content (AvgIpc) is 2.39. The summed E-state index contributed by atoms with van der Waals surface area (Å²) in [4.78, 5) is 12.0. The zero-order valence-electron chi connectivity index (χ0n) is 13.1. The van der Waals surface area contributed by atoms with Crippen LogP contribution in [0.25, 0.3) is 0 Å². The van der Waals surface area contributed by atoms with E-state index in [1.165, 1.54) is 6.07 Å². The van der Waals surface area contributed by atoms with E-state index in [1.807, 2.05) is 6.92 Å². The van der Waals surface area contributed by atoms with Gasteiger partial charge in [0.25, 0.3) is 10.0 Å². The van der Waals surface area contributed by atoms with E-state index in [1.54, 1.807) is 32.0 Å². The molecule has 0 aliphatic heterocycles. The van der Waals surface area contributed by atoms with Crippen LogP contribution in [0.5, 0.6) is 0 Å². The van der Waals surface area contributed by atoms with Crippen molar-refractivity contribution < 1.29 is 17.9 Å². The van der Waals surface area contributed by atoms with Crippen LogP contribution >= 0.6 is 0 Å². The van der Waals surface area contributed by atoms with Gasteiger partial charge in [0.05, 0.1) is 11.5 Å². The standard InChI is InChI=1S/C14H21NO4S.Na/c1-4-6-10-15(14(16)19-5-2)20(17,18)13-9-7-8-12(3)11-13;/h7-9,11H,4-6,10H2,1-3H3;. The van der Waals surface area contributed by atoms with E-state index in [-0.39, 0.29) is 47.6 Å². The molecule has 1 amide bonds. The van der Waals surface area contributed by atoms with Crippen LogP contribution in [0.2, 0.25) is 0 Å². The SMILES string of the molecule is CCCCN(C(=O)OCC)S(=O)(=O)c1cccc(C)c1.[Na]. The minimum atomic E-state index is -3.86. The number of unbranched alkanes of at least 4 members (excludes halogenated alkanes) is 1. The van der Waals surface area contributed by atoms with Crippen LogP contribution in [-0.2, 0) is 14.8 Å². The van der Waals surface area contributed by atoms with Gasteiger partial charge in [-0.1, -0.05) is 25.5 Å². The molecular formula is C14H21NNaO4S. The summed E-state index contributed by atoms with van der Waals surface area (Å²) in [6.07, 6.45) is 0.575. The molecule has 0 aliphatic carbocycles. The van der Waals surface area contributed by atoms with Crippen molar-refractivity contribution in [3.05, 3.63) is 29.8 Å². The Morgan fingerprint density at radius 2 is 1.95 bits per heavy atom. The Bertz CT molecular complexity index is 560. The minimum Gasteiger partial charge on any atom is -0.449 e. The Kier molecular flexibility index (Phi) is 9.20. The summed E-state index contributed by atoms with van der Waals surface area (Å²) < 4.78 is 30.7. The number of hydrogen-bond acceptors (Lipinski definition) is 4. The van der Waals surface area contributed by atoms with E-state index in [2.05, 4.69) is 0 Å². The Morgan fingerprint density at radius 1 is 1.29 bits per heavy atom. The third kappa shape index (κ3) is 5.62. The van der Waals surface area contributed by atoms with Crippen molar-refractivity contribution in [1.82, 2.24) is 4.31 Å². The zero-order valence-corrected chi connectivity index (χ0v) is 15.9. The molecule has 0 aliphatic rings. The van der Waals surface area contributed by atoms with Crippen LogP contribution in [0.4, 0.5) is 4.79 Å². The van der Waals surface area contributed by atoms with E-state index < -0.39 is 16.1 Å². The molecule has 5 nitrogen and oxygen atoms in total. The van der Waals surface area contributed by atoms with Crippen molar-refractivity contribution in [2.45, 2.75) is 38.5 Å². The van der Waals surface area contributed by atoms with Crippen molar-refractivity contribution in [2.75, 3.05) is 13.2 Å². The van der Waals surface area contributed by atoms with Crippen molar-refractivity contribution >= 4 is 45.7 Å². The first-order chi connectivity index (χ1) is 9.43. The van der Waals surface area contributed by atoms with E-state index in [0.29, 0.717) is 6.42 Å². The van der Waals surface area contributed by atoms with Crippen LogP contribution in [-0.4, -0.2) is 61.5 Å². The van der Waals surface area contributed by atoms with Gasteiger partial charge in [-0.15, -0.1) is 0 Å². The van der Waals surface area contributed by atoms with Crippen LogP contribution in [0.1, 0.15) is 32.3 Å². The first kappa shape index (κ1) is 20.4. The Morgan fingerprint density at radius 3 is 2.48 bits per heavy atom. The number of carbonyl (C=O) groups excluding carboxylic acids is 1. The predicted molar refractivity (Wildman–Crippen MR) is 82.8 cm³/mol. The van der Waals surface area contributed by atoms with Crippen LogP contribution in [0.15, 0.2) is 29.2 Å². The van der Waals surface area contributed by atoms with Gasteiger partial charge in [0, 0.05) is 36.1 Å². The Labute approximate surface area is 149 Å². The summed E-state index contributed by atoms with van der Waals surface area (Å²) in [7, 11) is -3.86. The van der Waals surface area contributed by atoms with Crippen LogP contribution in [0, 0.1) is 6.92 Å². The van der Waals surface area contributed by atoms with Gasteiger partial charge < -0.3 is 4.74 Å². The monoisotopic (exact) mass is 322 g/mol. The maximum Gasteiger partial charge on any atom is 0.423 e. The van der Waals surface area contributed by atoms with E-state index in [0.717, 1.165) is 16.3 Å². The predicted octanol–water partition coefficient (Wildman–Crippen LogP) is 2.56. The molecule has 0 heterocycles. The molecule has 7 heteroatoms. The van der Waals surface area contributed by atoms with Gasteiger partial charge >= 0.3 is 6.09 Å². The van der Waals surface area contributed by atoms with Crippen molar-refractivity contribution in [3.8, 4) is 0 Å². The topological polar surface area (TPSA) is 63.7 Å². The Balaban J connectivity index is 0.00000400. The number of amides is 1. The van der Waals surface area contributed by atoms with E-state index >= 15 is 0 Å². The largest absolute Gasteiger partial charge is 0.449 e. The smallest absolute Gasteiger partial charge is 0.423 e. The third-order valence-electron chi connectivity index (χ3n) is 2.76. The number of aryl methyl sites for hydroxylation is 1. The molecule has 0 spiro atoms. The van der Waals surface area contributed by atoms with Gasteiger partial charge in [0.15, 0.2) is 0 Å². The number of benzene rings is 1. The van der Waals surface area contributed by atoms with Crippen LogP contribution < -0.4 is 0 Å².